The van der Waals surface area contributed by atoms with Crippen molar-refractivity contribution in [3.8, 4) is 0 Å². The Kier molecular flexibility index (Phi) is 6.32. The molecule has 0 aromatic carbocycles. The zero-order chi connectivity index (χ0) is 13.0. The van der Waals surface area contributed by atoms with E-state index in [9.17, 15) is 0 Å². The number of hydrogen-bond acceptors (Lipinski definition) is 3. The molecule has 1 fully saturated rings. The summed E-state index contributed by atoms with van der Waals surface area (Å²) in [5.41, 5.74) is 6.04. The highest BCUT2D eigenvalue weighted by atomic mass is 32.2. The summed E-state index contributed by atoms with van der Waals surface area (Å²) in [6, 6.07) is 1.23. The first-order chi connectivity index (χ1) is 7.97. The maximum atomic E-state index is 6.04. The van der Waals surface area contributed by atoms with Crippen molar-refractivity contribution in [1.82, 2.24) is 4.90 Å². The normalized spacial score (nSPS) is 30.5. The van der Waals surface area contributed by atoms with Crippen molar-refractivity contribution < 1.29 is 0 Å². The molecule has 0 saturated carbocycles. The summed E-state index contributed by atoms with van der Waals surface area (Å²) in [7, 11) is 0. The van der Waals surface area contributed by atoms with E-state index in [0.29, 0.717) is 18.0 Å². The van der Waals surface area contributed by atoms with E-state index in [1.165, 1.54) is 18.7 Å². The Morgan fingerprint density at radius 1 is 1.29 bits per heavy atom. The van der Waals surface area contributed by atoms with Crippen molar-refractivity contribution in [3.05, 3.63) is 0 Å². The van der Waals surface area contributed by atoms with Crippen LogP contribution in [0.3, 0.4) is 0 Å². The highest BCUT2D eigenvalue weighted by Gasteiger charge is 2.32. The maximum Gasteiger partial charge on any atom is 0.0247 e. The Balaban J connectivity index is 2.65. The number of nitrogens with two attached hydrogens (primary N) is 1. The fraction of sp³-hybridized carbons (Fsp3) is 1.00. The minimum atomic E-state index is 0.566. The van der Waals surface area contributed by atoms with Gasteiger partial charge in [0.15, 0.2) is 0 Å². The van der Waals surface area contributed by atoms with Crippen LogP contribution in [0, 0.1) is 11.8 Å². The van der Waals surface area contributed by atoms with Gasteiger partial charge in [-0.3, -0.25) is 4.90 Å². The molecule has 0 radical (unpaired) electrons. The first-order valence-corrected chi connectivity index (χ1v) is 8.09. The summed E-state index contributed by atoms with van der Waals surface area (Å²) < 4.78 is 0. The standard InChI is InChI=1S/C14H30N2S/c1-10(2)8-11(3)14(9-15)16-6-7-17-13(5)12(16)4/h10-14H,6-9,15H2,1-5H3. The van der Waals surface area contributed by atoms with Crippen molar-refractivity contribution in [3.63, 3.8) is 0 Å². The molecule has 1 aliphatic rings. The summed E-state index contributed by atoms with van der Waals surface area (Å²) >= 11 is 2.10. The monoisotopic (exact) mass is 258 g/mol. The van der Waals surface area contributed by atoms with E-state index in [2.05, 4.69) is 51.3 Å². The van der Waals surface area contributed by atoms with Crippen LogP contribution in [0.15, 0.2) is 0 Å². The minimum Gasteiger partial charge on any atom is -0.329 e. The van der Waals surface area contributed by atoms with Crippen LogP contribution in [0.2, 0.25) is 0 Å². The quantitative estimate of drug-likeness (QED) is 0.822. The average molecular weight is 258 g/mol. The van der Waals surface area contributed by atoms with Crippen LogP contribution in [0.1, 0.15) is 41.0 Å². The molecule has 3 heteroatoms. The topological polar surface area (TPSA) is 29.3 Å². The molecule has 102 valence electrons. The van der Waals surface area contributed by atoms with Crippen molar-refractivity contribution in [2.75, 3.05) is 18.8 Å². The first kappa shape index (κ1) is 15.3. The van der Waals surface area contributed by atoms with Crippen molar-refractivity contribution in [1.29, 1.82) is 0 Å². The smallest absolute Gasteiger partial charge is 0.0247 e. The third-order valence-electron chi connectivity index (χ3n) is 4.10. The molecule has 0 aromatic heterocycles. The fourth-order valence-electron chi connectivity index (χ4n) is 3.02. The SMILES string of the molecule is CC(C)CC(C)C(CN)N1CCSC(C)C1C. The molecule has 2 N–H and O–H groups in total. The summed E-state index contributed by atoms with van der Waals surface area (Å²) in [6.45, 7) is 13.7. The summed E-state index contributed by atoms with van der Waals surface area (Å²) in [4.78, 5) is 2.66. The lowest BCUT2D eigenvalue weighted by atomic mass is 9.90. The van der Waals surface area contributed by atoms with Gasteiger partial charge in [0.25, 0.3) is 0 Å². The molecule has 1 aliphatic heterocycles. The van der Waals surface area contributed by atoms with Gasteiger partial charge in [0, 0.05) is 36.2 Å². The minimum absolute atomic E-state index is 0.566. The van der Waals surface area contributed by atoms with Gasteiger partial charge in [0.05, 0.1) is 0 Å². The molecule has 0 spiro atoms. The Morgan fingerprint density at radius 2 is 1.94 bits per heavy atom. The number of rotatable bonds is 5. The van der Waals surface area contributed by atoms with E-state index in [0.717, 1.165) is 17.7 Å². The van der Waals surface area contributed by atoms with Gasteiger partial charge in [-0.15, -0.1) is 0 Å². The second-order valence-electron chi connectivity index (χ2n) is 5.96. The van der Waals surface area contributed by atoms with Crippen LogP contribution in [-0.4, -0.2) is 41.1 Å². The second-order valence-corrected chi connectivity index (χ2v) is 7.45. The highest BCUT2D eigenvalue weighted by Crippen LogP contribution is 2.29. The van der Waals surface area contributed by atoms with Crippen molar-refractivity contribution in [2.24, 2.45) is 17.6 Å². The Hall–Kier alpha value is 0.270. The van der Waals surface area contributed by atoms with Crippen LogP contribution < -0.4 is 5.73 Å². The average Bonchev–Trinajstić information content (AvgIpc) is 2.24. The molecule has 0 bridgehead atoms. The van der Waals surface area contributed by atoms with Crippen LogP contribution in [0.5, 0.6) is 0 Å². The zero-order valence-electron chi connectivity index (χ0n) is 12.1. The Morgan fingerprint density at radius 3 is 2.47 bits per heavy atom. The molecule has 1 saturated heterocycles. The van der Waals surface area contributed by atoms with Gasteiger partial charge in [-0.2, -0.15) is 11.8 Å². The Labute approximate surface area is 112 Å². The summed E-state index contributed by atoms with van der Waals surface area (Å²) in [5.74, 6) is 2.74. The second kappa shape index (κ2) is 7.01. The predicted molar refractivity (Wildman–Crippen MR) is 79.5 cm³/mol. The summed E-state index contributed by atoms with van der Waals surface area (Å²) in [6.07, 6.45) is 1.28. The lowest BCUT2D eigenvalue weighted by molar-refractivity contribution is 0.103. The molecular weight excluding hydrogens is 228 g/mol. The van der Waals surface area contributed by atoms with Crippen LogP contribution in [0.25, 0.3) is 0 Å². The van der Waals surface area contributed by atoms with Crippen molar-refractivity contribution in [2.45, 2.75) is 58.4 Å². The Bertz CT molecular complexity index is 220. The molecule has 0 aliphatic carbocycles. The van der Waals surface area contributed by atoms with Gasteiger partial charge < -0.3 is 5.73 Å². The van der Waals surface area contributed by atoms with Crippen molar-refractivity contribution >= 4 is 11.8 Å². The van der Waals surface area contributed by atoms with Crippen LogP contribution in [-0.2, 0) is 0 Å². The molecule has 17 heavy (non-hydrogen) atoms. The lowest BCUT2D eigenvalue weighted by Gasteiger charge is -2.44. The van der Waals surface area contributed by atoms with E-state index in [1.807, 2.05) is 0 Å². The van der Waals surface area contributed by atoms with Gasteiger partial charge >= 0.3 is 0 Å². The van der Waals surface area contributed by atoms with Crippen LogP contribution in [0.4, 0.5) is 0 Å². The molecule has 4 unspecified atom stereocenters. The molecule has 1 rings (SSSR count). The van der Waals surface area contributed by atoms with E-state index < -0.39 is 0 Å². The number of hydrogen-bond donors (Lipinski definition) is 1. The van der Waals surface area contributed by atoms with Gasteiger partial charge in [0.1, 0.15) is 0 Å². The number of nitrogens with zero attached hydrogens (tertiary/aromatic N) is 1. The van der Waals surface area contributed by atoms with Crippen LogP contribution >= 0.6 is 11.8 Å². The molecule has 1 heterocycles. The molecule has 2 nitrogen and oxygen atoms in total. The predicted octanol–water partition coefficient (Wildman–Crippen LogP) is 2.82. The maximum absolute atomic E-state index is 6.04. The van der Waals surface area contributed by atoms with E-state index >= 15 is 0 Å². The van der Waals surface area contributed by atoms with Gasteiger partial charge in [0.2, 0.25) is 0 Å². The third kappa shape index (κ3) is 4.15. The largest absolute Gasteiger partial charge is 0.329 e. The molecule has 0 aromatic rings. The van der Waals surface area contributed by atoms with E-state index in [1.54, 1.807) is 0 Å². The molecule has 4 atom stereocenters. The van der Waals surface area contributed by atoms with E-state index in [4.69, 9.17) is 5.73 Å². The first-order valence-electron chi connectivity index (χ1n) is 7.04. The van der Waals surface area contributed by atoms with Gasteiger partial charge in [-0.05, 0) is 25.2 Å². The summed E-state index contributed by atoms with van der Waals surface area (Å²) in [5, 5.41) is 0.740. The van der Waals surface area contributed by atoms with Gasteiger partial charge in [-0.1, -0.05) is 27.7 Å². The number of thioether (sulfide) groups is 1. The van der Waals surface area contributed by atoms with E-state index in [-0.39, 0.29) is 0 Å². The molecular formula is C14H30N2S. The fourth-order valence-corrected chi connectivity index (χ4v) is 4.14. The van der Waals surface area contributed by atoms with Gasteiger partial charge in [-0.25, -0.2) is 0 Å². The lowest BCUT2D eigenvalue weighted by Crippen LogP contribution is -2.55. The zero-order valence-corrected chi connectivity index (χ0v) is 13.0. The molecule has 0 amide bonds. The third-order valence-corrected chi connectivity index (χ3v) is 5.44. The highest BCUT2D eigenvalue weighted by molar-refractivity contribution is 8.00.